The van der Waals surface area contributed by atoms with Crippen LogP contribution < -0.4 is 0 Å². The zero-order valence-corrected chi connectivity index (χ0v) is 9.04. The van der Waals surface area contributed by atoms with Crippen LogP contribution in [0.25, 0.3) is 11.1 Å². The summed E-state index contributed by atoms with van der Waals surface area (Å²) < 4.78 is 35.0. The molecule has 0 amide bonds. The summed E-state index contributed by atoms with van der Waals surface area (Å²) in [5.41, 5.74) is 0.953. The summed E-state index contributed by atoms with van der Waals surface area (Å²) >= 11 is -2.29. The van der Waals surface area contributed by atoms with Crippen molar-refractivity contribution in [2.75, 3.05) is 0 Å². The number of halogens is 1. The van der Waals surface area contributed by atoms with E-state index in [4.69, 9.17) is 0 Å². The monoisotopic (exact) mass is 235 g/mol. The Balaban J connectivity index is 2.53. The molecule has 0 N–H and O–H groups in total. The SMILES string of the molecule is O=S([O-])c1cccc(-c2ccccc2F)c1. The van der Waals surface area contributed by atoms with Crippen molar-refractivity contribution in [2.45, 2.75) is 4.90 Å². The molecule has 0 saturated heterocycles. The van der Waals surface area contributed by atoms with Gasteiger partial charge in [-0.15, -0.1) is 0 Å². The summed E-state index contributed by atoms with van der Waals surface area (Å²) in [5.74, 6) is -0.365. The lowest BCUT2D eigenvalue weighted by atomic mass is 10.1. The van der Waals surface area contributed by atoms with Crippen LogP contribution in [0.5, 0.6) is 0 Å². The number of hydrogen-bond acceptors (Lipinski definition) is 2. The van der Waals surface area contributed by atoms with E-state index in [1.807, 2.05) is 0 Å². The molecule has 1 atom stereocenters. The van der Waals surface area contributed by atoms with E-state index in [9.17, 15) is 13.2 Å². The molecule has 0 radical (unpaired) electrons. The van der Waals surface area contributed by atoms with E-state index < -0.39 is 11.1 Å². The summed E-state index contributed by atoms with van der Waals surface area (Å²) in [5, 5.41) is 0. The van der Waals surface area contributed by atoms with E-state index in [1.165, 1.54) is 18.2 Å². The molecule has 0 aliphatic rings. The maximum absolute atomic E-state index is 13.5. The molecule has 2 rings (SSSR count). The van der Waals surface area contributed by atoms with Crippen molar-refractivity contribution < 1.29 is 13.2 Å². The van der Waals surface area contributed by atoms with Gasteiger partial charge < -0.3 is 4.55 Å². The first kappa shape index (κ1) is 11.0. The third-order valence-corrected chi connectivity index (χ3v) is 2.85. The van der Waals surface area contributed by atoms with E-state index in [2.05, 4.69) is 0 Å². The van der Waals surface area contributed by atoms with Crippen molar-refractivity contribution in [3.05, 3.63) is 54.3 Å². The van der Waals surface area contributed by atoms with Crippen LogP contribution in [-0.2, 0) is 11.1 Å². The Morgan fingerprint density at radius 2 is 1.81 bits per heavy atom. The van der Waals surface area contributed by atoms with Crippen LogP contribution in [0.3, 0.4) is 0 Å². The highest BCUT2D eigenvalue weighted by Crippen LogP contribution is 2.23. The third kappa shape index (κ3) is 2.18. The smallest absolute Gasteiger partial charge is 0.131 e. The van der Waals surface area contributed by atoms with Gasteiger partial charge in [-0.2, -0.15) is 0 Å². The fraction of sp³-hybridized carbons (Fsp3) is 0. The molecule has 0 fully saturated rings. The lowest BCUT2D eigenvalue weighted by Crippen LogP contribution is -1.90. The molecule has 2 nitrogen and oxygen atoms in total. The van der Waals surface area contributed by atoms with E-state index in [-0.39, 0.29) is 10.7 Å². The summed E-state index contributed by atoms with van der Waals surface area (Å²) in [4.78, 5) is 0.153. The van der Waals surface area contributed by atoms with Gasteiger partial charge in [-0.3, -0.25) is 4.21 Å². The number of rotatable bonds is 2. The second-order valence-corrected chi connectivity index (χ2v) is 4.18. The fourth-order valence-electron chi connectivity index (χ4n) is 1.46. The first-order valence-corrected chi connectivity index (χ1v) is 5.70. The van der Waals surface area contributed by atoms with Crippen molar-refractivity contribution in [2.24, 2.45) is 0 Å². The molecule has 2 aromatic carbocycles. The van der Waals surface area contributed by atoms with Crippen LogP contribution in [0, 0.1) is 5.82 Å². The molecular formula is C12H8FO2S-. The number of hydrogen-bond donors (Lipinski definition) is 0. The van der Waals surface area contributed by atoms with Crippen molar-refractivity contribution >= 4 is 11.1 Å². The third-order valence-electron chi connectivity index (χ3n) is 2.21. The molecule has 0 aliphatic heterocycles. The molecule has 16 heavy (non-hydrogen) atoms. The molecule has 4 heteroatoms. The predicted octanol–water partition coefficient (Wildman–Crippen LogP) is 2.73. The van der Waals surface area contributed by atoms with Gasteiger partial charge in [-0.25, -0.2) is 4.39 Å². The van der Waals surface area contributed by atoms with Crippen LogP contribution in [0.15, 0.2) is 53.4 Å². The second-order valence-electron chi connectivity index (χ2n) is 3.24. The molecule has 0 aliphatic carbocycles. The highest BCUT2D eigenvalue weighted by atomic mass is 32.2. The molecular weight excluding hydrogens is 227 g/mol. The minimum atomic E-state index is -2.29. The quantitative estimate of drug-likeness (QED) is 0.751. The Labute approximate surface area is 95.0 Å². The molecule has 0 heterocycles. The summed E-state index contributed by atoms with van der Waals surface area (Å²) in [6, 6.07) is 12.4. The predicted molar refractivity (Wildman–Crippen MR) is 59.0 cm³/mol. The van der Waals surface area contributed by atoms with Crippen molar-refractivity contribution in [3.63, 3.8) is 0 Å². The molecule has 0 saturated carbocycles. The molecule has 0 spiro atoms. The molecule has 0 aromatic heterocycles. The largest absolute Gasteiger partial charge is 0.768 e. The fourth-order valence-corrected chi connectivity index (χ4v) is 1.88. The maximum Gasteiger partial charge on any atom is 0.131 e. The normalized spacial score (nSPS) is 12.4. The van der Waals surface area contributed by atoms with Gasteiger partial charge >= 0.3 is 0 Å². The van der Waals surface area contributed by atoms with E-state index in [0.29, 0.717) is 11.1 Å². The Bertz CT molecular complexity index is 540. The molecule has 2 aromatic rings. The van der Waals surface area contributed by atoms with Crippen LogP contribution in [0.1, 0.15) is 0 Å². The number of benzene rings is 2. The van der Waals surface area contributed by atoms with Crippen LogP contribution in [0.4, 0.5) is 4.39 Å². The molecule has 1 unspecified atom stereocenters. The van der Waals surface area contributed by atoms with Gasteiger partial charge in [0.2, 0.25) is 0 Å². The average molecular weight is 235 g/mol. The van der Waals surface area contributed by atoms with Gasteiger partial charge in [0.1, 0.15) is 5.82 Å². The summed E-state index contributed by atoms with van der Waals surface area (Å²) in [6.45, 7) is 0. The van der Waals surface area contributed by atoms with Gasteiger partial charge in [0.25, 0.3) is 0 Å². The molecule has 82 valence electrons. The Morgan fingerprint density at radius 1 is 1.06 bits per heavy atom. The van der Waals surface area contributed by atoms with Crippen molar-refractivity contribution in [1.29, 1.82) is 0 Å². The Hall–Kier alpha value is -1.52. The van der Waals surface area contributed by atoms with Crippen LogP contribution >= 0.6 is 0 Å². The van der Waals surface area contributed by atoms with Gasteiger partial charge in [0, 0.05) is 10.5 Å². The van der Waals surface area contributed by atoms with E-state index in [1.54, 1.807) is 30.3 Å². The van der Waals surface area contributed by atoms with Crippen LogP contribution in [-0.4, -0.2) is 8.76 Å². The highest BCUT2D eigenvalue weighted by molar-refractivity contribution is 7.79. The van der Waals surface area contributed by atoms with Gasteiger partial charge in [0.15, 0.2) is 0 Å². The average Bonchev–Trinajstić information content (AvgIpc) is 2.30. The highest BCUT2D eigenvalue weighted by Gasteiger charge is 2.04. The van der Waals surface area contributed by atoms with Crippen molar-refractivity contribution in [1.82, 2.24) is 0 Å². The zero-order chi connectivity index (χ0) is 11.5. The molecule has 0 bridgehead atoms. The van der Waals surface area contributed by atoms with E-state index in [0.717, 1.165) is 0 Å². The maximum atomic E-state index is 13.5. The minimum Gasteiger partial charge on any atom is -0.768 e. The first-order chi connectivity index (χ1) is 7.68. The second kappa shape index (κ2) is 4.55. The first-order valence-electron chi connectivity index (χ1n) is 4.63. The van der Waals surface area contributed by atoms with Gasteiger partial charge in [-0.1, -0.05) is 30.3 Å². The van der Waals surface area contributed by atoms with Crippen molar-refractivity contribution in [3.8, 4) is 11.1 Å². The van der Waals surface area contributed by atoms with Gasteiger partial charge in [-0.05, 0) is 34.8 Å². The zero-order valence-electron chi connectivity index (χ0n) is 8.22. The summed E-state index contributed by atoms with van der Waals surface area (Å²) in [6.07, 6.45) is 0. The lowest BCUT2D eigenvalue weighted by molar-refractivity contribution is 0.537. The minimum absolute atomic E-state index is 0.153. The van der Waals surface area contributed by atoms with Gasteiger partial charge in [0.05, 0.1) is 0 Å². The Kier molecular flexibility index (Phi) is 3.12. The standard InChI is InChI=1S/C12H9FO2S/c13-12-7-2-1-6-11(12)9-4-3-5-10(8-9)16(14)15/h1-8H,(H,14,15)/p-1. The summed E-state index contributed by atoms with van der Waals surface area (Å²) in [7, 11) is 0. The Morgan fingerprint density at radius 3 is 2.50 bits per heavy atom. The lowest BCUT2D eigenvalue weighted by Gasteiger charge is -2.08. The topological polar surface area (TPSA) is 40.1 Å². The van der Waals surface area contributed by atoms with Crippen LogP contribution in [0.2, 0.25) is 0 Å². The van der Waals surface area contributed by atoms with E-state index >= 15 is 0 Å².